The largest absolute Gasteiger partial charge is 0.307 e. The molecule has 7 heteroatoms. The maximum Gasteiger partial charge on any atom is 0.228 e. The second kappa shape index (κ2) is 6.91. The van der Waals surface area contributed by atoms with Crippen LogP contribution in [0.25, 0.3) is 0 Å². The molecule has 0 radical (unpaired) electrons. The normalized spacial score (nSPS) is 16.8. The summed E-state index contributed by atoms with van der Waals surface area (Å²) in [5.74, 6) is 2.13. The van der Waals surface area contributed by atoms with Crippen molar-refractivity contribution in [3.05, 3.63) is 58.4 Å². The molecule has 2 aliphatic rings. The predicted molar refractivity (Wildman–Crippen MR) is 104 cm³/mol. The highest BCUT2D eigenvalue weighted by atomic mass is 35.5. The van der Waals surface area contributed by atoms with Crippen LogP contribution >= 0.6 is 31.6 Å². The van der Waals surface area contributed by atoms with Gasteiger partial charge in [-0.1, -0.05) is 23.7 Å². The number of carbonyl (C=O) groups is 1. The first-order valence-corrected chi connectivity index (χ1v) is 10.1. The van der Waals surface area contributed by atoms with Crippen molar-refractivity contribution in [1.29, 1.82) is 0 Å². The van der Waals surface area contributed by atoms with Crippen LogP contribution in [0.3, 0.4) is 0 Å². The lowest BCUT2D eigenvalue weighted by molar-refractivity contribution is -0.118. The zero-order valence-corrected chi connectivity index (χ0v) is 15.5. The Morgan fingerprint density at radius 2 is 2.04 bits per heavy atom. The van der Waals surface area contributed by atoms with Gasteiger partial charge >= 0.3 is 0 Å². The number of amides is 1. The summed E-state index contributed by atoms with van der Waals surface area (Å²) >= 11 is 7.46. The summed E-state index contributed by atoms with van der Waals surface area (Å²) in [6.07, 6.45) is 0.427. The number of aliphatic imine (C=N–C) groups is 1. The van der Waals surface area contributed by atoms with Gasteiger partial charge in [0.2, 0.25) is 5.91 Å². The Labute approximate surface area is 155 Å². The molecule has 25 heavy (non-hydrogen) atoms. The highest BCUT2D eigenvalue weighted by Gasteiger charge is 2.26. The van der Waals surface area contributed by atoms with E-state index >= 15 is 0 Å². The lowest BCUT2D eigenvalue weighted by Crippen LogP contribution is -2.30. The number of nitrogens with zero attached hydrogens (tertiary/aromatic N) is 2. The first-order valence-electron chi connectivity index (χ1n) is 7.74. The van der Waals surface area contributed by atoms with Gasteiger partial charge in [0.15, 0.2) is 0 Å². The minimum atomic E-state index is -0.286. The molecule has 126 valence electrons. The van der Waals surface area contributed by atoms with Gasteiger partial charge in [0.05, 0.1) is 18.2 Å². The highest BCUT2D eigenvalue weighted by molar-refractivity contribution is 7.99. The van der Waals surface area contributed by atoms with E-state index < -0.39 is 0 Å². The molecule has 0 aliphatic carbocycles. The number of carbonyl (C=O) groups excluding carboxylic acids is 1. The van der Waals surface area contributed by atoms with Gasteiger partial charge in [0.25, 0.3) is 0 Å². The molecular formula is C18H13ClFN2OPS. The zero-order chi connectivity index (χ0) is 17.4. The standard InChI is InChI=1S/C18H13ClFN2OPS/c19-12-3-1-11(2-4-12)9-22-15-7-13(18-21-10-24-18)14(20)8-16(15)25-6-5-17(22)23/h1-4,7-8,10H,5-6,9H2. The number of thioether (sulfide) groups is 1. The minimum Gasteiger partial charge on any atom is -0.307 e. The quantitative estimate of drug-likeness (QED) is 0.693. The molecule has 2 aliphatic heterocycles. The van der Waals surface area contributed by atoms with Crippen molar-refractivity contribution in [2.75, 3.05) is 10.7 Å². The topological polar surface area (TPSA) is 32.7 Å². The van der Waals surface area contributed by atoms with E-state index in [4.69, 9.17) is 11.6 Å². The van der Waals surface area contributed by atoms with Crippen LogP contribution in [0, 0.1) is 5.82 Å². The molecule has 0 N–H and O–H groups in total. The molecule has 1 amide bonds. The Bertz CT molecular complexity index is 914. The van der Waals surface area contributed by atoms with E-state index in [1.807, 2.05) is 24.3 Å². The van der Waals surface area contributed by atoms with Crippen molar-refractivity contribution in [3.8, 4) is 0 Å². The van der Waals surface area contributed by atoms with Crippen LogP contribution in [0.4, 0.5) is 10.1 Å². The molecule has 3 nitrogen and oxygen atoms in total. The number of benzene rings is 2. The first kappa shape index (κ1) is 16.8. The lowest BCUT2D eigenvalue weighted by atomic mass is 10.1. The summed E-state index contributed by atoms with van der Waals surface area (Å²) in [6, 6.07) is 10.7. The fraction of sp³-hybridized carbons (Fsp3) is 0.167. The molecule has 0 saturated heterocycles. The second-order valence-electron chi connectivity index (χ2n) is 5.70. The number of fused-ring (bicyclic) bond motifs is 1. The Morgan fingerprint density at radius 3 is 2.72 bits per heavy atom. The first-order chi connectivity index (χ1) is 12.1. The van der Waals surface area contributed by atoms with Crippen molar-refractivity contribution >= 4 is 54.5 Å². The number of anilines is 1. The molecule has 4 rings (SSSR count). The highest BCUT2D eigenvalue weighted by Crippen LogP contribution is 2.38. The third-order valence-electron chi connectivity index (χ3n) is 4.07. The van der Waals surface area contributed by atoms with Crippen LogP contribution in [0.5, 0.6) is 0 Å². The maximum absolute atomic E-state index is 14.4. The minimum absolute atomic E-state index is 0.0402. The summed E-state index contributed by atoms with van der Waals surface area (Å²) in [5, 5.41) is 0.657. The fourth-order valence-electron chi connectivity index (χ4n) is 2.76. The van der Waals surface area contributed by atoms with Crippen LogP contribution in [0.1, 0.15) is 17.5 Å². The van der Waals surface area contributed by atoms with Crippen molar-refractivity contribution in [2.45, 2.75) is 17.9 Å². The number of hydrogen-bond acceptors (Lipinski definition) is 3. The molecule has 0 atom stereocenters. The van der Waals surface area contributed by atoms with Gasteiger partial charge in [-0.15, -0.1) is 11.8 Å². The van der Waals surface area contributed by atoms with E-state index in [2.05, 4.69) is 4.99 Å². The summed E-state index contributed by atoms with van der Waals surface area (Å²) in [7, 11) is 0.906. The van der Waals surface area contributed by atoms with Crippen LogP contribution in [-0.4, -0.2) is 23.0 Å². The number of hydrogen-bond donors (Lipinski definition) is 0. The maximum atomic E-state index is 14.4. The van der Waals surface area contributed by atoms with Gasteiger partial charge in [-0.3, -0.25) is 4.79 Å². The fourth-order valence-corrected chi connectivity index (χ4v) is 4.43. The number of rotatable bonds is 3. The Balaban J connectivity index is 1.75. The molecule has 0 fully saturated rings. The Morgan fingerprint density at radius 1 is 1.28 bits per heavy atom. The molecule has 0 aromatic heterocycles. The average Bonchev–Trinajstić information content (AvgIpc) is 2.68. The molecule has 2 aromatic rings. The van der Waals surface area contributed by atoms with E-state index in [1.165, 1.54) is 17.8 Å². The molecule has 0 bridgehead atoms. The summed E-state index contributed by atoms with van der Waals surface area (Å²) in [4.78, 5) is 19.3. The van der Waals surface area contributed by atoms with E-state index in [0.717, 1.165) is 24.4 Å². The van der Waals surface area contributed by atoms with Gasteiger partial charge < -0.3 is 4.90 Å². The number of halogens is 2. The molecule has 2 heterocycles. The second-order valence-corrected chi connectivity index (χ2v) is 8.19. The van der Waals surface area contributed by atoms with Gasteiger partial charge in [-0.05, 0) is 38.0 Å². The average molecular weight is 391 g/mol. The van der Waals surface area contributed by atoms with Gasteiger partial charge in [-0.2, -0.15) is 0 Å². The third kappa shape index (κ3) is 3.37. The van der Waals surface area contributed by atoms with E-state index in [-0.39, 0.29) is 11.7 Å². The van der Waals surface area contributed by atoms with Crippen LogP contribution in [-0.2, 0) is 11.3 Å². The Hall–Kier alpha value is -1.68. The van der Waals surface area contributed by atoms with Crippen molar-refractivity contribution in [1.82, 2.24) is 0 Å². The van der Waals surface area contributed by atoms with Gasteiger partial charge in [0, 0.05) is 27.7 Å². The predicted octanol–water partition coefficient (Wildman–Crippen LogP) is 4.97. The summed E-state index contributed by atoms with van der Waals surface area (Å²) < 4.78 is 14.4. The van der Waals surface area contributed by atoms with Crippen molar-refractivity contribution < 1.29 is 9.18 Å². The Kier molecular flexibility index (Phi) is 4.63. The SMILES string of the molecule is O=C1CCSc2cc(F)c(C3=PC=N3)cc2N1Cc1ccc(Cl)cc1. The van der Waals surface area contributed by atoms with Gasteiger partial charge in [0.1, 0.15) is 11.2 Å². The van der Waals surface area contributed by atoms with Crippen LogP contribution < -0.4 is 4.90 Å². The third-order valence-corrected chi connectivity index (χ3v) is 6.20. The summed E-state index contributed by atoms with van der Waals surface area (Å²) in [6.45, 7) is 0.435. The van der Waals surface area contributed by atoms with Gasteiger partial charge in [-0.25, -0.2) is 9.38 Å². The molecular weight excluding hydrogens is 378 g/mol. The van der Waals surface area contributed by atoms with Crippen LogP contribution in [0.2, 0.25) is 5.02 Å². The smallest absolute Gasteiger partial charge is 0.228 e. The van der Waals surface area contributed by atoms with E-state index in [9.17, 15) is 9.18 Å². The zero-order valence-electron chi connectivity index (χ0n) is 13.1. The summed E-state index contributed by atoms with van der Waals surface area (Å²) in [5.41, 5.74) is 2.91. The van der Waals surface area contributed by atoms with Crippen molar-refractivity contribution in [3.63, 3.8) is 0 Å². The van der Waals surface area contributed by atoms with E-state index in [1.54, 1.807) is 16.9 Å². The van der Waals surface area contributed by atoms with Crippen LogP contribution in [0.15, 0.2) is 46.3 Å². The van der Waals surface area contributed by atoms with Crippen molar-refractivity contribution in [2.24, 2.45) is 4.99 Å². The van der Waals surface area contributed by atoms with E-state index in [0.29, 0.717) is 34.7 Å². The molecule has 0 spiro atoms. The lowest BCUT2D eigenvalue weighted by Gasteiger charge is -2.24. The molecule has 2 aromatic carbocycles. The molecule has 0 unspecified atom stereocenters. The molecule has 0 saturated carbocycles. The monoisotopic (exact) mass is 390 g/mol.